The summed E-state index contributed by atoms with van der Waals surface area (Å²) < 4.78 is 19.0. The first-order chi connectivity index (χ1) is 17.3. The van der Waals surface area contributed by atoms with Crippen LogP contribution in [0.1, 0.15) is 17.0 Å². The van der Waals surface area contributed by atoms with E-state index in [0.29, 0.717) is 23.6 Å². The van der Waals surface area contributed by atoms with E-state index in [0.717, 1.165) is 17.7 Å². The number of hydrogen-bond acceptors (Lipinski definition) is 5. The van der Waals surface area contributed by atoms with Crippen molar-refractivity contribution in [2.24, 2.45) is 5.92 Å². The number of nitrogens with one attached hydrogen (secondary N) is 2. The summed E-state index contributed by atoms with van der Waals surface area (Å²) in [7, 11) is 3.37. The first kappa shape index (κ1) is 24.9. The molecule has 0 bridgehead atoms. The highest BCUT2D eigenvalue weighted by atomic mass is 19.1. The molecule has 4 rings (SSSR count). The molecule has 0 aliphatic carbocycles. The van der Waals surface area contributed by atoms with E-state index in [-0.39, 0.29) is 29.4 Å². The fourth-order valence-corrected chi connectivity index (χ4v) is 4.39. The van der Waals surface area contributed by atoms with Gasteiger partial charge in [-0.2, -0.15) is 0 Å². The highest BCUT2D eigenvalue weighted by Gasteiger charge is 2.37. The maximum atomic E-state index is 14.0. The Balaban J connectivity index is 1.41. The van der Waals surface area contributed by atoms with Gasteiger partial charge in [-0.05, 0) is 48.5 Å². The molecule has 3 aromatic carbocycles. The van der Waals surface area contributed by atoms with Crippen LogP contribution in [-0.2, 0) is 9.59 Å². The number of para-hydroxylation sites is 2. The Morgan fingerprint density at radius 3 is 2.50 bits per heavy atom. The molecule has 1 aliphatic rings. The fraction of sp³-hybridized carbons (Fsp3) is 0.214. The number of anilines is 3. The van der Waals surface area contributed by atoms with Gasteiger partial charge in [0, 0.05) is 36.8 Å². The number of ether oxygens (including phenoxy) is 1. The monoisotopic (exact) mass is 488 g/mol. The number of amides is 2. The number of hydrogen-bond donors (Lipinski definition) is 3. The number of likely N-dealkylation sites (tertiary alicyclic amines) is 1. The Labute approximate surface area is 209 Å². The molecule has 2 unspecified atom stereocenters. The minimum Gasteiger partial charge on any atom is -0.494 e. The van der Waals surface area contributed by atoms with Gasteiger partial charge < -0.3 is 26.0 Å². The summed E-state index contributed by atoms with van der Waals surface area (Å²) >= 11 is 0. The number of carbonyl (C=O) groups is 2. The van der Waals surface area contributed by atoms with Crippen molar-refractivity contribution in [2.75, 3.05) is 43.6 Å². The molecule has 1 heterocycles. The van der Waals surface area contributed by atoms with Crippen LogP contribution in [0.3, 0.4) is 0 Å². The molecule has 1 fully saturated rings. The van der Waals surface area contributed by atoms with E-state index in [2.05, 4.69) is 15.5 Å². The molecule has 0 aromatic heterocycles. The van der Waals surface area contributed by atoms with Gasteiger partial charge in [0.25, 0.3) is 0 Å². The Kier molecular flexibility index (Phi) is 7.65. The summed E-state index contributed by atoms with van der Waals surface area (Å²) in [6.07, 6.45) is 3.18. The molecular formula is C28H29FN4O3. The van der Waals surface area contributed by atoms with Gasteiger partial charge in [0.15, 0.2) is 11.6 Å². The third kappa shape index (κ3) is 5.90. The lowest BCUT2D eigenvalue weighted by atomic mass is 9.88. The SMILES string of the molecule is COc1ccc(NC(=O)C2CN(C)CC2c2ccc(/C=C/C(=O)Nc3ccccc3N)cc2)cc1F. The van der Waals surface area contributed by atoms with Crippen molar-refractivity contribution in [3.63, 3.8) is 0 Å². The molecule has 1 saturated heterocycles. The number of benzene rings is 3. The number of likely N-dealkylation sites (N-methyl/N-ethyl adjacent to an activating group) is 1. The van der Waals surface area contributed by atoms with Gasteiger partial charge in [-0.25, -0.2) is 4.39 Å². The summed E-state index contributed by atoms with van der Waals surface area (Å²) in [6, 6.07) is 19.2. The standard InChI is InChI=1S/C28H29FN4O3/c1-33-16-21(22(17-33)28(35)31-20-12-13-26(36-2)23(29)15-20)19-10-7-18(8-11-19)9-14-27(34)32-25-6-4-3-5-24(25)30/h3-15,21-22H,16-17,30H2,1-2H3,(H,31,35)(H,32,34)/b14-9+. The van der Waals surface area contributed by atoms with Crippen molar-refractivity contribution in [3.8, 4) is 5.75 Å². The lowest BCUT2D eigenvalue weighted by Gasteiger charge is -2.19. The molecule has 2 atom stereocenters. The van der Waals surface area contributed by atoms with Crippen LogP contribution in [-0.4, -0.2) is 44.0 Å². The molecule has 0 radical (unpaired) electrons. The van der Waals surface area contributed by atoms with Gasteiger partial charge in [0.1, 0.15) is 0 Å². The number of methoxy groups -OCH3 is 1. The van der Waals surface area contributed by atoms with E-state index in [9.17, 15) is 14.0 Å². The summed E-state index contributed by atoms with van der Waals surface area (Å²) in [6.45, 7) is 1.32. The molecule has 0 saturated carbocycles. The van der Waals surface area contributed by atoms with Crippen LogP contribution in [0.5, 0.6) is 5.75 Å². The summed E-state index contributed by atoms with van der Waals surface area (Å²) in [4.78, 5) is 27.4. The number of nitrogen functional groups attached to an aromatic ring is 1. The van der Waals surface area contributed by atoms with E-state index in [1.54, 1.807) is 36.4 Å². The lowest BCUT2D eigenvalue weighted by Crippen LogP contribution is -2.28. The van der Waals surface area contributed by atoms with E-state index in [1.165, 1.54) is 25.3 Å². The van der Waals surface area contributed by atoms with E-state index < -0.39 is 5.82 Å². The average Bonchev–Trinajstić information content (AvgIpc) is 3.26. The third-order valence-electron chi connectivity index (χ3n) is 6.27. The maximum absolute atomic E-state index is 14.0. The molecule has 8 heteroatoms. The zero-order valence-electron chi connectivity index (χ0n) is 20.2. The van der Waals surface area contributed by atoms with Crippen molar-refractivity contribution in [1.82, 2.24) is 4.90 Å². The number of halogens is 1. The first-order valence-electron chi connectivity index (χ1n) is 11.6. The molecule has 2 amide bonds. The van der Waals surface area contributed by atoms with E-state index in [1.807, 2.05) is 31.3 Å². The van der Waals surface area contributed by atoms with Crippen LogP contribution in [0.4, 0.5) is 21.5 Å². The van der Waals surface area contributed by atoms with Crippen molar-refractivity contribution in [1.29, 1.82) is 0 Å². The number of nitrogens with two attached hydrogens (primary N) is 1. The van der Waals surface area contributed by atoms with Crippen molar-refractivity contribution < 1.29 is 18.7 Å². The second-order valence-electron chi connectivity index (χ2n) is 8.85. The zero-order valence-corrected chi connectivity index (χ0v) is 20.2. The quantitative estimate of drug-likeness (QED) is 0.339. The van der Waals surface area contributed by atoms with Gasteiger partial charge in [-0.15, -0.1) is 0 Å². The van der Waals surface area contributed by atoms with Crippen LogP contribution in [0, 0.1) is 11.7 Å². The van der Waals surface area contributed by atoms with Crippen LogP contribution in [0.2, 0.25) is 0 Å². The highest BCUT2D eigenvalue weighted by molar-refractivity contribution is 6.03. The maximum Gasteiger partial charge on any atom is 0.248 e. The minimum absolute atomic E-state index is 0.0134. The zero-order chi connectivity index (χ0) is 25.7. The van der Waals surface area contributed by atoms with Crippen LogP contribution < -0.4 is 21.1 Å². The van der Waals surface area contributed by atoms with E-state index >= 15 is 0 Å². The fourth-order valence-electron chi connectivity index (χ4n) is 4.39. The largest absolute Gasteiger partial charge is 0.494 e. The van der Waals surface area contributed by atoms with Crippen molar-refractivity contribution in [2.45, 2.75) is 5.92 Å². The van der Waals surface area contributed by atoms with Gasteiger partial charge in [0.2, 0.25) is 11.8 Å². The van der Waals surface area contributed by atoms with Crippen LogP contribution >= 0.6 is 0 Å². The Morgan fingerprint density at radius 2 is 1.81 bits per heavy atom. The first-order valence-corrected chi connectivity index (χ1v) is 11.6. The average molecular weight is 489 g/mol. The van der Waals surface area contributed by atoms with Crippen molar-refractivity contribution in [3.05, 3.63) is 89.8 Å². The molecule has 4 N–H and O–H groups in total. The smallest absolute Gasteiger partial charge is 0.248 e. The van der Waals surface area contributed by atoms with Crippen molar-refractivity contribution >= 4 is 35.0 Å². The minimum atomic E-state index is -0.528. The number of carbonyl (C=O) groups excluding carboxylic acids is 2. The predicted molar refractivity (Wildman–Crippen MR) is 140 cm³/mol. The molecular weight excluding hydrogens is 459 g/mol. The van der Waals surface area contributed by atoms with Gasteiger partial charge >= 0.3 is 0 Å². The van der Waals surface area contributed by atoms with Gasteiger partial charge in [-0.1, -0.05) is 36.4 Å². The van der Waals surface area contributed by atoms with Gasteiger partial charge in [0.05, 0.1) is 24.4 Å². The Hall–Kier alpha value is -4.17. The van der Waals surface area contributed by atoms with Crippen LogP contribution in [0.15, 0.2) is 72.8 Å². The molecule has 7 nitrogen and oxygen atoms in total. The highest BCUT2D eigenvalue weighted by Crippen LogP contribution is 2.33. The second kappa shape index (κ2) is 11.0. The normalized spacial score (nSPS) is 17.8. The van der Waals surface area contributed by atoms with E-state index in [4.69, 9.17) is 10.5 Å². The third-order valence-corrected chi connectivity index (χ3v) is 6.27. The number of nitrogens with zero attached hydrogens (tertiary/aromatic N) is 1. The summed E-state index contributed by atoms with van der Waals surface area (Å²) in [5.41, 5.74) is 9.20. The number of rotatable bonds is 7. The van der Waals surface area contributed by atoms with Gasteiger partial charge in [-0.3, -0.25) is 9.59 Å². The predicted octanol–water partition coefficient (Wildman–Crippen LogP) is 4.35. The molecule has 186 valence electrons. The molecule has 36 heavy (non-hydrogen) atoms. The lowest BCUT2D eigenvalue weighted by molar-refractivity contribution is -0.119. The molecule has 3 aromatic rings. The topological polar surface area (TPSA) is 96.7 Å². The summed E-state index contributed by atoms with van der Waals surface area (Å²) in [5, 5.41) is 5.60. The molecule has 0 spiro atoms. The Morgan fingerprint density at radius 1 is 1.06 bits per heavy atom. The second-order valence-corrected chi connectivity index (χ2v) is 8.85. The molecule has 1 aliphatic heterocycles. The summed E-state index contributed by atoms with van der Waals surface area (Å²) in [5.74, 6) is -1.14. The Bertz CT molecular complexity index is 1280. The van der Waals surface area contributed by atoms with Crippen LogP contribution in [0.25, 0.3) is 6.08 Å².